The highest BCUT2D eigenvalue weighted by Crippen LogP contribution is 2.32. The van der Waals surface area contributed by atoms with Crippen molar-refractivity contribution in [2.75, 3.05) is 14.2 Å². The van der Waals surface area contributed by atoms with Crippen molar-refractivity contribution in [1.29, 1.82) is 0 Å². The molecule has 0 aromatic heterocycles. The van der Waals surface area contributed by atoms with Gasteiger partial charge in [0.05, 0.1) is 7.11 Å². The summed E-state index contributed by atoms with van der Waals surface area (Å²) in [6.07, 6.45) is 4.58. The number of hydrogen-bond acceptors (Lipinski definition) is 3. The maximum Gasteiger partial charge on any atom is 0.407 e. The number of amides is 2. The summed E-state index contributed by atoms with van der Waals surface area (Å²) in [5.41, 5.74) is 1.69. The maximum absolute atomic E-state index is 12.0. The summed E-state index contributed by atoms with van der Waals surface area (Å²) in [7, 11) is 3.24. The monoisotopic (exact) mass is 374 g/mol. The van der Waals surface area contributed by atoms with Crippen molar-refractivity contribution >= 4 is 12.0 Å². The standard InChI is InChI=1S/C12H20N2O3.C10H14/c1-14(10-4-3-5-10)11(15)8-6-9(7-8)13-12(16)17-2;1-10(2,3)9-7-5-4-6-8-9/h8-10H,3-7H2,1-2H3,(H,13,16);4-8H,1-3H3. The van der Waals surface area contributed by atoms with E-state index in [0.29, 0.717) is 11.5 Å². The van der Waals surface area contributed by atoms with E-state index >= 15 is 0 Å². The first kappa shape index (κ1) is 21.3. The number of carbonyl (C=O) groups excluding carboxylic acids is 2. The van der Waals surface area contributed by atoms with Crippen LogP contribution in [0.5, 0.6) is 0 Å². The SMILES string of the molecule is CC(C)(C)c1ccccc1.COC(=O)NC1CC(C(=O)N(C)C2CCC2)C1. The van der Waals surface area contributed by atoms with Crippen LogP contribution in [0.2, 0.25) is 0 Å². The van der Waals surface area contributed by atoms with E-state index in [1.165, 1.54) is 19.1 Å². The third-order valence-electron chi connectivity index (χ3n) is 5.60. The van der Waals surface area contributed by atoms with Gasteiger partial charge in [-0.3, -0.25) is 4.79 Å². The lowest BCUT2D eigenvalue weighted by Gasteiger charge is -2.41. The summed E-state index contributed by atoms with van der Waals surface area (Å²) in [5, 5.41) is 2.72. The summed E-state index contributed by atoms with van der Waals surface area (Å²) in [4.78, 5) is 24.9. The van der Waals surface area contributed by atoms with E-state index in [2.05, 4.69) is 61.2 Å². The summed E-state index contributed by atoms with van der Waals surface area (Å²) >= 11 is 0. The van der Waals surface area contributed by atoms with Gasteiger partial charge < -0.3 is 15.0 Å². The minimum Gasteiger partial charge on any atom is -0.453 e. The van der Waals surface area contributed by atoms with Gasteiger partial charge in [-0.2, -0.15) is 0 Å². The molecule has 0 atom stereocenters. The molecular formula is C22H34N2O3. The normalized spacial score (nSPS) is 21.7. The summed E-state index contributed by atoms with van der Waals surface area (Å²) in [6, 6.07) is 11.1. The molecule has 5 nitrogen and oxygen atoms in total. The summed E-state index contributed by atoms with van der Waals surface area (Å²) < 4.78 is 4.52. The van der Waals surface area contributed by atoms with Crippen LogP contribution in [-0.4, -0.2) is 43.1 Å². The van der Waals surface area contributed by atoms with Crippen molar-refractivity contribution in [1.82, 2.24) is 10.2 Å². The molecule has 0 saturated heterocycles. The molecule has 5 heteroatoms. The Morgan fingerprint density at radius 3 is 2.11 bits per heavy atom. The van der Waals surface area contributed by atoms with Crippen LogP contribution in [0.15, 0.2) is 30.3 Å². The highest BCUT2D eigenvalue weighted by Gasteiger charge is 2.39. The molecule has 27 heavy (non-hydrogen) atoms. The largest absolute Gasteiger partial charge is 0.453 e. The molecule has 0 radical (unpaired) electrons. The van der Waals surface area contributed by atoms with Crippen LogP contribution in [0.1, 0.15) is 58.4 Å². The first-order valence-corrected chi connectivity index (χ1v) is 9.89. The third kappa shape index (κ3) is 5.98. The Morgan fingerprint density at radius 1 is 1.11 bits per heavy atom. The van der Waals surface area contributed by atoms with Crippen LogP contribution in [-0.2, 0) is 14.9 Å². The molecule has 0 bridgehead atoms. The van der Waals surface area contributed by atoms with Crippen LogP contribution >= 0.6 is 0 Å². The topological polar surface area (TPSA) is 58.6 Å². The number of benzene rings is 1. The number of nitrogens with zero attached hydrogens (tertiary/aromatic N) is 1. The zero-order chi connectivity index (χ0) is 20.0. The van der Waals surface area contributed by atoms with Gasteiger partial charge in [0.2, 0.25) is 5.91 Å². The van der Waals surface area contributed by atoms with Gasteiger partial charge in [-0.15, -0.1) is 0 Å². The Balaban J connectivity index is 0.000000223. The van der Waals surface area contributed by atoms with Gasteiger partial charge in [-0.1, -0.05) is 51.1 Å². The number of nitrogens with one attached hydrogen (secondary N) is 1. The molecule has 0 aliphatic heterocycles. The zero-order valence-corrected chi connectivity index (χ0v) is 17.3. The van der Waals surface area contributed by atoms with Crippen LogP contribution in [0, 0.1) is 5.92 Å². The van der Waals surface area contributed by atoms with Gasteiger partial charge in [0.25, 0.3) is 0 Å². The average Bonchev–Trinajstić information content (AvgIpc) is 2.56. The van der Waals surface area contributed by atoms with E-state index in [1.807, 2.05) is 11.9 Å². The van der Waals surface area contributed by atoms with Gasteiger partial charge in [0.15, 0.2) is 0 Å². The van der Waals surface area contributed by atoms with E-state index in [9.17, 15) is 9.59 Å². The quantitative estimate of drug-likeness (QED) is 0.866. The second-order valence-corrected chi connectivity index (χ2v) is 8.65. The minimum absolute atomic E-state index is 0.0859. The molecule has 0 heterocycles. The van der Waals surface area contributed by atoms with Crippen LogP contribution < -0.4 is 5.32 Å². The molecule has 1 aromatic carbocycles. The van der Waals surface area contributed by atoms with E-state index in [0.717, 1.165) is 25.7 Å². The molecule has 2 aliphatic rings. The lowest BCUT2D eigenvalue weighted by atomic mass is 9.78. The highest BCUT2D eigenvalue weighted by molar-refractivity contribution is 5.80. The molecule has 1 aromatic rings. The Labute approximate surface area is 163 Å². The fourth-order valence-corrected chi connectivity index (χ4v) is 3.34. The highest BCUT2D eigenvalue weighted by atomic mass is 16.5. The van der Waals surface area contributed by atoms with Gasteiger partial charge >= 0.3 is 6.09 Å². The molecule has 0 spiro atoms. The van der Waals surface area contributed by atoms with E-state index in [1.54, 1.807) is 0 Å². The van der Waals surface area contributed by atoms with Crippen molar-refractivity contribution in [2.24, 2.45) is 5.92 Å². The summed E-state index contributed by atoms with van der Waals surface area (Å²) in [6.45, 7) is 6.67. The number of ether oxygens (including phenoxy) is 1. The molecule has 2 amide bonds. The Hall–Kier alpha value is -2.04. The van der Waals surface area contributed by atoms with Crippen molar-refractivity contribution < 1.29 is 14.3 Å². The lowest BCUT2D eigenvalue weighted by Crippen LogP contribution is -2.52. The zero-order valence-electron chi connectivity index (χ0n) is 17.3. The molecule has 1 N–H and O–H groups in total. The third-order valence-corrected chi connectivity index (χ3v) is 5.60. The van der Waals surface area contributed by atoms with E-state index in [4.69, 9.17) is 0 Å². The molecule has 3 rings (SSSR count). The fourth-order valence-electron chi connectivity index (χ4n) is 3.34. The van der Waals surface area contributed by atoms with Gasteiger partial charge in [0.1, 0.15) is 0 Å². The second-order valence-electron chi connectivity index (χ2n) is 8.65. The Kier molecular flexibility index (Phi) is 7.28. The van der Waals surface area contributed by atoms with Gasteiger partial charge in [-0.25, -0.2) is 4.79 Å². The van der Waals surface area contributed by atoms with Crippen molar-refractivity contribution in [3.8, 4) is 0 Å². The molecule has 2 fully saturated rings. The predicted octanol–water partition coefficient (Wildman–Crippen LogP) is 4.12. The Bertz CT molecular complexity index is 614. The molecule has 0 unspecified atom stereocenters. The predicted molar refractivity (Wildman–Crippen MR) is 108 cm³/mol. The number of carbonyl (C=O) groups is 2. The molecule has 2 saturated carbocycles. The maximum atomic E-state index is 12.0. The smallest absolute Gasteiger partial charge is 0.407 e. The van der Waals surface area contributed by atoms with Crippen molar-refractivity contribution in [3.05, 3.63) is 35.9 Å². The van der Waals surface area contributed by atoms with E-state index < -0.39 is 6.09 Å². The van der Waals surface area contributed by atoms with Crippen molar-refractivity contribution in [2.45, 2.75) is 70.4 Å². The van der Waals surface area contributed by atoms with Crippen LogP contribution in [0.4, 0.5) is 4.79 Å². The average molecular weight is 375 g/mol. The second kappa shape index (κ2) is 9.25. The van der Waals surface area contributed by atoms with E-state index in [-0.39, 0.29) is 17.9 Å². The van der Waals surface area contributed by atoms with Gasteiger partial charge in [0, 0.05) is 25.0 Å². The van der Waals surface area contributed by atoms with Crippen molar-refractivity contribution in [3.63, 3.8) is 0 Å². The summed E-state index contributed by atoms with van der Waals surface area (Å²) in [5.74, 6) is 0.320. The number of alkyl carbamates (subject to hydrolysis) is 1. The number of methoxy groups -OCH3 is 1. The molecular weight excluding hydrogens is 340 g/mol. The lowest BCUT2D eigenvalue weighted by molar-refractivity contribution is -0.141. The minimum atomic E-state index is -0.409. The first-order chi connectivity index (χ1) is 12.7. The number of hydrogen-bond donors (Lipinski definition) is 1. The van der Waals surface area contributed by atoms with Gasteiger partial charge in [-0.05, 0) is 43.1 Å². The van der Waals surface area contributed by atoms with Crippen LogP contribution in [0.3, 0.4) is 0 Å². The molecule has 150 valence electrons. The molecule has 2 aliphatic carbocycles. The Morgan fingerprint density at radius 2 is 1.70 bits per heavy atom. The van der Waals surface area contributed by atoms with Crippen LogP contribution in [0.25, 0.3) is 0 Å². The number of rotatable bonds is 3. The fraction of sp³-hybridized carbons (Fsp3) is 0.636. The first-order valence-electron chi connectivity index (χ1n) is 9.89.